The van der Waals surface area contributed by atoms with E-state index in [1.54, 1.807) is 0 Å². The molecule has 0 saturated carbocycles. The zero-order valence-electron chi connectivity index (χ0n) is 8.79. The molecule has 0 bridgehead atoms. The third-order valence-corrected chi connectivity index (χ3v) is 1.95. The minimum atomic E-state index is 0.241. The van der Waals surface area contributed by atoms with E-state index in [-0.39, 0.29) is 5.78 Å². The van der Waals surface area contributed by atoms with Crippen molar-refractivity contribution in [1.29, 1.82) is 0 Å². The Hall–Kier alpha value is -1.15. The summed E-state index contributed by atoms with van der Waals surface area (Å²) in [5, 5.41) is 3.12. The van der Waals surface area contributed by atoms with Crippen LogP contribution in [0.15, 0.2) is 30.3 Å². The Labute approximate surface area is 85.3 Å². The van der Waals surface area contributed by atoms with Gasteiger partial charge in [-0.15, -0.1) is 0 Å². The maximum Gasteiger partial charge on any atom is 0.150 e. The monoisotopic (exact) mass is 191 g/mol. The fraction of sp³-hybridized carbons (Fsp3) is 0.417. The maximum absolute atomic E-state index is 11.5. The van der Waals surface area contributed by atoms with Crippen LogP contribution in [0.5, 0.6) is 0 Å². The smallest absolute Gasteiger partial charge is 0.150 e. The van der Waals surface area contributed by atoms with Gasteiger partial charge in [0.05, 0.1) is 6.54 Å². The lowest BCUT2D eigenvalue weighted by Crippen LogP contribution is -2.29. The summed E-state index contributed by atoms with van der Waals surface area (Å²) in [5.74, 6) is 0.241. The molecule has 1 rings (SSSR count). The Kier molecular flexibility index (Phi) is 4.33. The van der Waals surface area contributed by atoms with Crippen LogP contribution in [0.3, 0.4) is 0 Å². The van der Waals surface area contributed by atoms with E-state index in [0.29, 0.717) is 19.0 Å². The van der Waals surface area contributed by atoms with Crippen molar-refractivity contribution in [2.24, 2.45) is 0 Å². The average molecular weight is 191 g/mol. The van der Waals surface area contributed by atoms with Crippen molar-refractivity contribution < 1.29 is 4.79 Å². The van der Waals surface area contributed by atoms with Crippen molar-refractivity contribution in [3.05, 3.63) is 35.9 Å². The van der Waals surface area contributed by atoms with Crippen molar-refractivity contribution >= 4 is 5.78 Å². The van der Waals surface area contributed by atoms with Gasteiger partial charge in [0.1, 0.15) is 0 Å². The van der Waals surface area contributed by atoms with Gasteiger partial charge in [0, 0.05) is 12.5 Å². The Morgan fingerprint density at radius 2 is 1.93 bits per heavy atom. The molecule has 0 aliphatic heterocycles. The molecule has 0 atom stereocenters. The van der Waals surface area contributed by atoms with Gasteiger partial charge >= 0.3 is 0 Å². The number of rotatable bonds is 5. The van der Waals surface area contributed by atoms with Crippen LogP contribution in [0.25, 0.3) is 0 Å². The minimum Gasteiger partial charge on any atom is -0.308 e. The van der Waals surface area contributed by atoms with E-state index in [1.165, 1.54) is 0 Å². The van der Waals surface area contributed by atoms with Gasteiger partial charge in [-0.1, -0.05) is 44.2 Å². The molecule has 0 fully saturated rings. The lowest BCUT2D eigenvalue weighted by molar-refractivity contribution is -0.117. The fourth-order valence-electron chi connectivity index (χ4n) is 1.20. The summed E-state index contributed by atoms with van der Waals surface area (Å²) in [6.45, 7) is 4.54. The number of Topliss-reactive ketones (excluding diaryl/α,β-unsaturated/α-hetero) is 1. The van der Waals surface area contributed by atoms with E-state index < -0.39 is 0 Å². The Bertz CT molecular complexity index is 280. The molecular weight excluding hydrogens is 174 g/mol. The van der Waals surface area contributed by atoms with Crippen LogP contribution in [0.4, 0.5) is 0 Å². The Morgan fingerprint density at radius 3 is 2.50 bits per heavy atom. The van der Waals surface area contributed by atoms with Gasteiger partial charge in [-0.05, 0) is 5.56 Å². The summed E-state index contributed by atoms with van der Waals surface area (Å²) in [7, 11) is 0. The number of carbonyl (C=O) groups is 1. The lowest BCUT2D eigenvalue weighted by atomic mass is 10.1. The standard InChI is InChI=1S/C12H17NO/c1-10(2)13-9-12(14)8-11-6-4-3-5-7-11/h3-7,10,13H,8-9H2,1-2H3. The highest BCUT2D eigenvalue weighted by atomic mass is 16.1. The predicted octanol–water partition coefficient (Wildman–Crippen LogP) is 1.80. The zero-order chi connectivity index (χ0) is 10.4. The Morgan fingerprint density at radius 1 is 1.29 bits per heavy atom. The van der Waals surface area contributed by atoms with E-state index >= 15 is 0 Å². The molecule has 0 radical (unpaired) electrons. The molecule has 1 aromatic rings. The quantitative estimate of drug-likeness (QED) is 0.769. The first-order valence-corrected chi connectivity index (χ1v) is 4.97. The van der Waals surface area contributed by atoms with E-state index in [4.69, 9.17) is 0 Å². The molecule has 1 aromatic carbocycles. The van der Waals surface area contributed by atoms with Crippen LogP contribution >= 0.6 is 0 Å². The van der Waals surface area contributed by atoms with Crippen molar-refractivity contribution in [2.45, 2.75) is 26.3 Å². The van der Waals surface area contributed by atoms with Crippen LogP contribution in [0.2, 0.25) is 0 Å². The highest BCUT2D eigenvalue weighted by Crippen LogP contribution is 1.99. The summed E-state index contributed by atoms with van der Waals surface area (Å²) in [5.41, 5.74) is 1.09. The zero-order valence-corrected chi connectivity index (χ0v) is 8.79. The van der Waals surface area contributed by atoms with Gasteiger partial charge in [-0.3, -0.25) is 4.79 Å². The average Bonchev–Trinajstić information content (AvgIpc) is 2.16. The number of hydrogen-bond donors (Lipinski definition) is 1. The molecule has 0 unspecified atom stereocenters. The van der Waals surface area contributed by atoms with Crippen molar-refractivity contribution in [3.8, 4) is 0 Å². The Balaban J connectivity index is 2.35. The number of benzene rings is 1. The predicted molar refractivity (Wildman–Crippen MR) is 58.3 cm³/mol. The first-order chi connectivity index (χ1) is 6.68. The first kappa shape index (κ1) is 10.9. The van der Waals surface area contributed by atoms with Crippen LogP contribution in [0, 0.1) is 0 Å². The highest BCUT2D eigenvalue weighted by molar-refractivity contribution is 5.82. The third kappa shape index (κ3) is 4.19. The number of hydrogen-bond acceptors (Lipinski definition) is 2. The maximum atomic E-state index is 11.5. The summed E-state index contributed by atoms with van der Waals surface area (Å²) >= 11 is 0. The minimum absolute atomic E-state index is 0.241. The summed E-state index contributed by atoms with van der Waals surface area (Å²) in [4.78, 5) is 11.5. The normalized spacial score (nSPS) is 10.5. The molecule has 0 spiro atoms. The van der Waals surface area contributed by atoms with Gasteiger partial charge in [0.2, 0.25) is 0 Å². The summed E-state index contributed by atoms with van der Waals surface area (Å²) in [6, 6.07) is 10.2. The second kappa shape index (κ2) is 5.55. The molecular formula is C12H17NO. The van der Waals surface area contributed by atoms with Gasteiger partial charge in [0.15, 0.2) is 5.78 Å². The van der Waals surface area contributed by atoms with Crippen LogP contribution < -0.4 is 5.32 Å². The molecule has 2 nitrogen and oxygen atoms in total. The van der Waals surface area contributed by atoms with E-state index in [2.05, 4.69) is 5.32 Å². The number of carbonyl (C=O) groups excluding carboxylic acids is 1. The molecule has 76 valence electrons. The molecule has 0 aromatic heterocycles. The topological polar surface area (TPSA) is 29.1 Å². The van der Waals surface area contributed by atoms with Crippen molar-refractivity contribution in [2.75, 3.05) is 6.54 Å². The van der Waals surface area contributed by atoms with E-state index in [0.717, 1.165) is 5.56 Å². The van der Waals surface area contributed by atoms with Gasteiger partial charge < -0.3 is 5.32 Å². The van der Waals surface area contributed by atoms with Gasteiger partial charge in [-0.25, -0.2) is 0 Å². The van der Waals surface area contributed by atoms with Crippen LogP contribution in [-0.2, 0) is 11.2 Å². The van der Waals surface area contributed by atoms with Gasteiger partial charge in [-0.2, -0.15) is 0 Å². The highest BCUT2D eigenvalue weighted by Gasteiger charge is 2.03. The SMILES string of the molecule is CC(C)NCC(=O)Cc1ccccc1. The first-order valence-electron chi connectivity index (χ1n) is 4.97. The van der Waals surface area contributed by atoms with Crippen LogP contribution in [-0.4, -0.2) is 18.4 Å². The van der Waals surface area contributed by atoms with E-state index in [9.17, 15) is 4.79 Å². The molecule has 1 N–H and O–H groups in total. The van der Waals surface area contributed by atoms with Crippen molar-refractivity contribution in [3.63, 3.8) is 0 Å². The molecule has 14 heavy (non-hydrogen) atoms. The largest absolute Gasteiger partial charge is 0.308 e. The molecule has 0 aliphatic rings. The van der Waals surface area contributed by atoms with Crippen LogP contribution in [0.1, 0.15) is 19.4 Å². The summed E-state index contributed by atoms with van der Waals surface area (Å²) in [6.07, 6.45) is 0.528. The second-order valence-electron chi connectivity index (χ2n) is 3.74. The van der Waals surface area contributed by atoms with E-state index in [1.807, 2.05) is 44.2 Å². The second-order valence-corrected chi connectivity index (χ2v) is 3.74. The lowest BCUT2D eigenvalue weighted by Gasteiger charge is -2.06. The number of nitrogens with one attached hydrogen (secondary N) is 1. The molecule has 0 heterocycles. The van der Waals surface area contributed by atoms with Gasteiger partial charge in [0.25, 0.3) is 0 Å². The molecule has 0 amide bonds. The fourth-order valence-corrected chi connectivity index (χ4v) is 1.20. The third-order valence-electron chi connectivity index (χ3n) is 1.95. The summed E-state index contributed by atoms with van der Waals surface area (Å²) < 4.78 is 0. The molecule has 0 aliphatic carbocycles. The molecule has 0 saturated heterocycles. The van der Waals surface area contributed by atoms with Crippen molar-refractivity contribution in [1.82, 2.24) is 5.32 Å². The molecule has 2 heteroatoms. The number of ketones is 1.